The molecule has 0 radical (unpaired) electrons. The van der Waals surface area contributed by atoms with Gasteiger partial charge in [0, 0.05) is 24.4 Å². The van der Waals surface area contributed by atoms with Gasteiger partial charge >= 0.3 is 0 Å². The van der Waals surface area contributed by atoms with Gasteiger partial charge in [-0.25, -0.2) is 8.42 Å². The van der Waals surface area contributed by atoms with Crippen molar-refractivity contribution in [3.8, 4) is 0 Å². The Morgan fingerprint density at radius 3 is 2.63 bits per heavy atom. The molecule has 0 fully saturated rings. The van der Waals surface area contributed by atoms with Gasteiger partial charge < -0.3 is 14.9 Å². The van der Waals surface area contributed by atoms with E-state index >= 15 is 0 Å². The number of amides is 1. The van der Waals surface area contributed by atoms with Gasteiger partial charge in [-0.2, -0.15) is 4.31 Å². The second-order valence-corrected chi connectivity index (χ2v) is 11.4. The van der Waals surface area contributed by atoms with Crippen molar-refractivity contribution in [3.05, 3.63) is 82.9 Å². The second kappa shape index (κ2) is 12.3. The molecular formula is C25H31N3O5S2. The predicted molar refractivity (Wildman–Crippen MR) is 135 cm³/mol. The lowest BCUT2D eigenvalue weighted by molar-refractivity contribution is -0.123. The van der Waals surface area contributed by atoms with E-state index in [4.69, 9.17) is 4.52 Å². The second-order valence-electron chi connectivity index (χ2n) is 8.47. The first kappa shape index (κ1) is 26.8. The summed E-state index contributed by atoms with van der Waals surface area (Å²) in [7, 11) is -4.02. The summed E-state index contributed by atoms with van der Waals surface area (Å²) in [5, 5.41) is 19.6. The highest BCUT2D eigenvalue weighted by Gasteiger charge is 2.33. The average molecular weight is 518 g/mol. The fraction of sp³-hybridized carbons (Fsp3) is 0.360. The van der Waals surface area contributed by atoms with Crippen molar-refractivity contribution in [1.29, 1.82) is 0 Å². The summed E-state index contributed by atoms with van der Waals surface area (Å²) in [6.07, 6.45) is 2.25. The Kier molecular flexibility index (Phi) is 9.39. The lowest BCUT2D eigenvalue weighted by Crippen LogP contribution is -2.50. The normalized spacial score (nSPS) is 14.4. The Bertz CT molecular complexity index is 1190. The smallest absolute Gasteiger partial charge is 0.248 e. The fourth-order valence-corrected chi connectivity index (χ4v) is 5.94. The number of sulfonamides is 1. The Balaban J connectivity index is 1.87. The van der Waals surface area contributed by atoms with Crippen molar-refractivity contribution in [2.75, 3.05) is 6.54 Å². The largest absolute Gasteiger partial charge is 0.390 e. The molecule has 3 unspecified atom stereocenters. The first-order valence-electron chi connectivity index (χ1n) is 11.3. The predicted octanol–water partition coefficient (Wildman–Crippen LogP) is 3.54. The summed E-state index contributed by atoms with van der Waals surface area (Å²) in [5.41, 5.74) is 0.913. The minimum atomic E-state index is -4.02. The topological polar surface area (TPSA) is 113 Å². The lowest BCUT2D eigenvalue weighted by Gasteiger charge is -2.29. The monoisotopic (exact) mass is 517 g/mol. The van der Waals surface area contributed by atoms with E-state index in [1.165, 1.54) is 28.8 Å². The van der Waals surface area contributed by atoms with Crippen molar-refractivity contribution in [2.45, 2.75) is 50.3 Å². The van der Waals surface area contributed by atoms with Crippen LogP contribution in [0.25, 0.3) is 0 Å². The quantitative estimate of drug-likeness (QED) is 0.336. The molecule has 3 atom stereocenters. The van der Waals surface area contributed by atoms with Crippen LogP contribution in [0.4, 0.5) is 0 Å². The van der Waals surface area contributed by atoms with Crippen LogP contribution in [0.1, 0.15) is 29.5 Å². The highest BCUT2D eigenvalue weighted by molar-refractivity contribution is 7.89. The highest BCUT2D eigenvalue weighted by atomic mass is 32.2. The van der Waals surface area contributed by atoms with Crippen molar-refractivity contribution in [3.63, 3.8) is 0 Å². The number of thiophene rings is 1. The van der Waals surface area contributed by atoms with Gasteiger partial charge in [-0.15, -0.1) is 17.9 Å². The number of aliphatic hydroxyl groups excluding tert-OH is 1. The molecule has 0 aliphatic heterocycles. The van der Waals surface area contributed by atoms with E-state index in [1.807, 2.05) is 54.8 Å². The maximum Gasteiger partial charge on any atom is 0.248 e. The Labute approximate surface area is 210 Å². The maximum atomic E-state index is 13.5. The molecule has 188 valence electrons. The third-order valence-corrected chi connectivity index (χ3v) is 8.41. The van der Waals surface area contributed by atoms with Crippen LogP contribution in [-0.4, -0.2) is 47.6 Å². The van der Waals surface area contributed by atoms with E-state index in [0.717, 1.165) is 10.4 Å². The molecule has 1 aromatic carbocycles. The Hall–Kier alpha value is -2.79. The Morgan fingerprint density at radius 2 is 2.03 bits per heavy atom. The van der Waals surface area contributed by atoms with Gasteiger partial charge in [-0.1, -0.05) is 54.6 Å². The molecule has 2 heterocycles. The minimum absolute atomic E-state index is 0.0308. The number of aromatic nitrogens is 1. The molecule has 3 aromatic rings. The molecule has 0 saturated carbocycles. The van der Waals surface area contributed by atoms with Gasteiger partial charge in [0.1, 0.15) is 4.90 Å². The number of hydrogen-bond donors (Lipinski definition) is 2. The average Bonchev–Trinajstić information content (AvgIpc) is 3.50. The number of carbonyl (C=O) groups excluding carboxylic acids is 1. The number of hydrogen-bond acceptors (Lipinski definition) is 7. The first-order valence-corrected chi connectivity index (χ1v) is 13.6. The van der Waals surface area contributed by atoms with E-state index < -0.39 is 22.2 Å². The molecule has 8 nitrogen and oxygen atoms in total. The van der Waals surface area contributed by atoms with Crippen LogP contribution in [0.2, 0.25) is 0 Å². The Morgan fingerprint density at radius 1 is 1.29 bits per heavy atom. The number of nitrogens with one attached hydrogen (secondary N) is 1. The van der Waals surface area contributed by atoms with E-state index in [-0.39, 0.29) is 42.0 Å². The molecule has 1 amide bonds. The van der Waals surface area contributed by atoms with Gasteiger partial charge in [0.25, 0.3) is 0 Å². The molecular weight excluding hydrogens is 486 g/mol. The number of carbonyl (C=O) groups is 1. The molecule has 2 N–H and O–H groups in total. The third-order valence-electron chi connectivity index (χ3n) is 5.65. The van der Waals surface area contributed by atoms with Crippen molar-refractivity contribution in [1.82, 2.24) is 14.8 Å². The van der Waals surface area contributed by atoms with Crippen molar-refractivity contribution < 1.29 is 22.8 Å². The van der Waals surface area contributed by atoms with Gasteiger partial charge in [0.05, 0.1) is 18.3 Å². The standard InChI is InChI=1S/C25H31N3O5S2/c1-4-18(2)13-25(30)27-22(14-20-9-6-5-7-10-20)23(29)17-28(16-21-11-8-12-34-21)35(31,32)24-15-26-33-19(24)3/h4-12,15,18,22-23,29H,1,13-14,16-17H2,2-3H3,(H,27,30). The number of benzene rings is 1. The molecule has 0 spiro atoms. The van der Waals surface area contributed by atoms with Crippen LogP contribution in [-0.2, 0) is 27.8 Å². The maximum absolute atomic E-state index is 13.5. The molecule has 35 heavy (non-hydrogen) atoms. The summed E-state index contributed by atoms with van der Waals surface area (Å²) < 4.78 is 33.2. The van der Waals surface area contributed by atoms with Crippen LogP contribution in [0, 0.1) is 12.8 Å². The molecule has 3 rings (SSSR count). The van der Waals surface area contributed by atoms with Gasteiger partial charge in [-0.05, 0) is 36.3 Å². The van der Waals surface area contributed by atoms with Crippen LogP contribution in [0.5, 0.6) is 0 Å². The van der Waals surface area contributed by atoms with Gasteiger partial charge in [0.15, 0.2) is 5.76 Å². The summed E-state index contributed by atoms with van der Waals surface area (Å²) >= 11 is 1.42. The van der Waals surface area contributed by atoms with Crippen molar-refractivity contribution in [2.24, 2.45) is 5.92 Å². The van der Waals surface area contributed by atoms with Gasteiger partial charge in [-0.3, -0.25) is 4.79 Å². The number of aryl methyl sites for hydroxylation is 1. The van der Waals surface area contributed by atoms with Crippen LogP contribution in [0.15, 0.2) is 76.1 Å². The number of aliphatic hydroxyl groups is 1. The molecule has 10 heteroatoms. The first-order chi connectivity index (χ1) is 16.7. The zero-order valence-electron chi connectivity index (χ0n) is 19.8. The SMILES string of the molecule is C=CC(C)CC(=O)NC(Cc1ccccc1)C(O)CN(Cc1cccs1)S(=O)(=O)c1cnoc1C. The number of allylic oxidation sites excluding steroid dienone is 1. The summed E-state index contributed by atoms with van der Waals surface area (Å²) in [6, 6.07) is 12.4. The van der Waals surface area contributed by atoms with Gasteiger partial charge in [0.2, 0.25) is 15.9 Å². The lowest BCUT2D eigenvalue weighted by atomic mass is 10.00. The number of rotatable bonds is 13. The zero-order valence-corrected chi connectivity index (χ0v) is 21.5. The summed E-state index contributed by atoms with van der Waals surface area (Å²) in [5.74, 6) is -0.0973. The molecule has 0 bridgehead atoms. The highest BCUT2D eigenvalue weighted by Crippen LogP contribution is 2.24. The molecule has 0 aliphatic carbocycles. The molecule has 0 aliphatic rings. The summed E-state index contributed by atoms with van der Waals surface area (Å²) in [4.78, 5) is 13.4. The number of nitrogens with zero attached hydrogens (tertiary/aromatic N) is 2. The minimum Gasteiger partial charge on any atom is -0.390 e. The molecule has 0 saturated heterocycles. The summed E-state index contributed by atoms with van der Waals surface area (Å²) in [6.45, 7) is 6.97. The fourth-order valence-electron chi connectivity index (χ4n) is 3.63. The van der Waals surface area contributed by atoms with E-state index in [0.29, 0.717) is 6.42 Å². The van der Waals surface area contributed by atoms with E-state index in [9.17, 15) is 18.3 Å². The zero-order chi connectivity index (χ0) is 25.4. The van der Waals surface area contributed by atoms with E-state index in [1.54, 1.807) is 6.08 Å². The van der Waals surface area contributed by atoms with E-state index in [2.05, 4.69) is 17.1 Å². The van der Waals surface area contributed by atoms with Crippen LogP contribution >= 0.6 is 11.3 Å². The van der Waals surface area contributed by atoms with Crippen LogP contribution in [0.3, 0.4) is 0 Å². The van der Waals surface area contributed by atoms with Crippen molar-refractivity contribution >= 4 is 27.3 Å². The third kappa shape index (κ3) is 7.35. The van der Waals surface area contributed by atoms with Crippen LogP contribution < -0.4 is 5.32 Å². The molecule has 2 aromatic heterocycles.